The summed E-state index contributed by atoms with van der Waals surface area (Å²) < 4.78 is 39.4. The molecule has 3 heterocycles. The molecule has 1 aromatic carbocycles. The molecule has 3 aromatic rings. The van der Waals surface area contributed by atoms with Crippen LogP contribution < -0.4 is 0 Å². The summed E-state index contributed by atoms with van der Waals surface area (Å²) in [4.78, 5) is 13.7. The molecular weight excluding hydrogens is 433 g/mol. The lowest BCUT2D eigenvalue weighted by Gasteiger charge is -2.28. The van der Waals surface area contributed by atoms with Crippen LogP contribution in [0.1, 0.15) is 22.6 Å². The van der Waals surface area contributed by atoms with E-state index in [0.29, 0.717) is 31.7 Å². The Kier molecular flexibility index (Phi) is 5.16. The number of halogens is 4. The molecular formula is C20H16BrF3N4. The first-order valence-electron chi connectivity index (χ1n) is 8.73. The van der Waals surface area contributed by atoms with Crippen LogP contribution >= 0.6 is 15.9 Å². The van der Waals surface area contributed by atoms with Crippen LogP contribution in [-0.2, 0) is 25.7 Å². The molecule has 0 amide bonds. The number of alkyl halides is 3. The van der Waals surface area contributed by atoms with E-state index in [0.717, 1.165) is 26.7 Å². The van der Waals surface area contributed by atoms with E-state index in [9.17, 15) is 13.2 Å². The molecule has 144 valence electrons. The van der Waals surface area contributed by atoms with Gasteiger partial charge in [-0.05, 0) is 34.9 Å². The predicted octanol–water partition coefficient (Wildman–Crippen LogP) is 4.88. The minimum absolute atomic E-state index is 0.466. The minimum atomic E-state index is -4.51. The van der Waals surface area contributed by atoms with Gasteiger partial charge in [-0.2, -0.15) is 13.2 Å². The van der Waals surface area contributed by atoms with Crippen LogP contribution in [0.2, 0.25) is 0 Å². The molecule has 1 aliphatic heterocycles. The molecule has 0 fully saturated rings. The van der Waals surface area contributed by atoms with E-state index in [1.54, 1.807) is 6.20 Å². The molecule has 0 unspecified atom stereocenters. The number of hydrogen-bond donors (Lipinski definition) is 0. The number of rotatable bonds is 3. The van der Waals surface area contributed by atoms with Gasteiger partial charge in [0, 0.05) is 54.7 Å². The first-order chi connectivity index (χ1) is 13.4. The molecule has 28 heavy (non-hydrogen) atoms. The van der Waals surface area contributed by atoms with E-state index in [-0.39, 0.29) is 0 Å². The van der Waals surface area contributed by atoms with E-state index in [4.69, 9.17) is 0 Å². The van der Waals surface area contributed by atoms with Gasteiger partial charge in [-0.3, -0.25) is 9.88 Å². The minimum Gasteiger partial charge on any atom is -0.294 e. The fourth-order valence-electron chi connectivity index (χ4n) is 3.38. The second kappa shape index (κ2) is 7.60. The molecule has 0 atom stereocenters. The largest absolute Gasteiger partial charge is 0.451 e. The van der Waals surface area contributed by atoms with Gasteiger partial charge in [0.15, 0.2) is 0 Å². The fourth-order valence-corrected chi connectivity index (χ4v) is 3.78. The van der Waals surface area contributed by atoms with Crippen LogP contribution in [-0.4, -0.2) is 26.4 Å². The molecule has 0 bridgehead atoms. The summed E-state index contributed by atoms with van der Waals surface area (Å²) in [5.74, 6) is -1.07. The second-order valence-corrected chi connectivity index (χ2v) is 7.58. The molecule has 0 radical (unpaired) electrons. The third-order valence-corrected chi connectivity index (χ3v) is 5.19. The van der Waals surface area contributed by atoms with Gasteiger partial charge in [0.05, 0.1) is 5.69 Å². The summed E-state index contributed by atoms with van der Waals surface area (Å²) >= 11 is 3.50. The standard InChI is InChI=1S/C20H16BrF3N4/c21-16-3-1-2-13(8-16)17-4-6-25-9-14(17)11-28-7-5-18-15(12-28)10-26-19(27-18)20(22,23)24/h1-4,6,8-10H,5,7,11-12H2. The lowest BCUT2D eigenvalue weighted by molar-refractivity contribution is -0.145. The third-order valence-electron chi connectivity index (χ3n) is 4.70. The number of aromatic nitrogens is 3. The normalized spacial score (nSPS) is 14.7. The maximum atomic E-state index is 12.8. The molecule has 4 rings (SSSR count). The topological polar surface area (TPSA) is 41.9 Å². The molecule has 0 aliphatic carbocycles. The smallest absolute Gasteiger partial charge is 0.294 e. The Bertz CT molecular complexity index is 1010. The average Bonchev–Trinajstić information content (AvgIpc) is 2.67. The Morgan fingerprint density at radius 2 is 2.00 bits per heavy atom. The van der Waals surface area contributed by atoms with Crippen LogP contribution in [0.15, 0.2) is 53.4 Å². The third kappa shape index (κ3) is 4.07. The Hall–Kier alpha value is -2.32. The van der Waals surface area contributed by atoms with Gasteiger partial charge in [0.2, 0.25) is 5.82 Å². The zero-order valence-corrected chi connectivity index (χ0v) is 16.3. The maximum Gasteiger partial charge on any atom is 0.451 e. The highest BCUT2D eigenvalue weighted by Gasteiger charge is 2.35. The van der Waals surface area contributed by atoms with Crippen molar-refractivity contribution in [3.63, 3.8) is 0 Å². The highest BCUT2D eigenvalue weighted by molar-refractivity contribution is 9.10. The quantitative estimate of drug-likeness (QED) is 0.572. The molecule has 8 heteroatoms. The van der Waals surface area contributed by atoms with Crippen LogP contribution in [0.25, 0.3) is 11.1 Å². The highest BCUT2D eigenvalue weighted by atomic mass is 79.9. The molecule has 4 nitrogen and oxygen atoms in total. The number of nitrogens with zero attached hydrogens (tertiary/aromatic N) is 4. The maximum absolute atomic E-state index is 12.8. The van der Waals surface area contributed by atoms with Crippen LogP contribution in [0.4, 0.5) is 13.2 Å². The van der Waals surface area contributed by atoms with E-state index in [1.165, 1.54) is 6.20 Å². The summed E-state index contributed by atoms with van der Waals surface area (Å²) in [5.41, 5.74) is 4.47. The SMILES string of the molecule is FC(F)(F)c1ncc2c(n1)CCN(Cc1cnccc1-c1cccc(Br)c1)C2. The highest BCUT2D eigenvalue weighted by Crippen LogP contribution is 2.30. The van der Waals surface area contributed by atoms with Gasteiger partial charge in [-0.25, -0.2) is 9.97 Å². The van der Waals surface area contributed by atoms with Crippen molar-refractivity contribution in [2.24, 2.45) is 0 Å². The zero-order valence-electron chi connectivity index (χ0n) is 14.7. The molecule has 0 N–H and O–H groups in total. The molecule has 0 saturated heterocycles. The Labute approximate surface area is 168 Å². The van der Waals surface area contributed by atoms with Crippen molar-refractivity contribution in [3.05, 3.63) is 76.0 Å². The molecule has 0 spiro atoms. The van der Waals surface area contributed by atoms with Gasteiger partial charge in [-0.15, -0.1) is 0 Å². The second-order valence-electron chi connectivity index (χ2n) is 6.67. The average molecular weight is 449 g/mol. The first kappa shape index (κ1) is 19.0. The Morgan fingerprint density at radius 1 is 1.14 bits per heavy atom. The summed E-state index contributed by atoms with van der Waals surface area (Å²) in [7, 11) is 0. The molecule has 2 aromatic heterocycles. The lowest BCUT2D eigenvalue weighted by atomic mass is 10.0. The number of fused-ring (bicyclic) bond motifs is 1. The van der Waals surface area contributed by atoms with E-state index in [1.807, 2.05) is 30.5 Å². The van der Waals surface area contributed by atoms with E-state index < -0.39 is 12.0 Å². The summed E-state index contributed by atoms with van der Waals surface area (Å²) in [6.45, 7) is 1.80. The van der Waals surface area contributed by atoms with Crippen molar-refractivity contribution in [2.45, 2.75) is 25.7 Å². The first-order valence-corrected chi connectivity index (χ1v) is 9.52. The summed E-state index contributed by atoms with van der Waals surface area (Å²) in [6.07, 6.45) is 0.858. The number of hydrogen-bond acceptors (Lipinski definition) is 4. The number of benzene rings is 1. The van der Waals surface area contributed by atoms with Crippen LogP contribution in [0.3, 0.4) is 0 Å². The van der Waals surface area contributed by atoms with Crippen molar-refractivity contribution in [1.82, 2.24) is 19.9 Å². The van der Waals surface area contributed by atoms with E-state index >= 15 is 0 Å². The van der Waals surface area contributed by atoms with Crippen molar-refractivity contribution < 1.29 is 13.2 Å². The Morgan fingerprint density at radius 3 is 2.79 bits per heavy atom. The monoisotopic (exact) mass is 448 g/mol. The molecule has 0 saturated carbocycles. The van der Waals surface area contributed by atoms with Gasteiger partial charge in [0.25, 0.3) is 0 Å². The van der Waals surface area contributed by atoms with Crippen molar-refractivity contribution in [3.8, 4) is 11.1 Å². The number of pyridine rings is 1. The van der Waals surface area contributed by atoms with E-state index in [2.05, 4.69) is 41.8 Å². The summed E-state index contributed by atoms with van der Waals surface area (Å²) in [6, 6.07) is 10.0. The summed E-state index contributed by atoms with van der Waals surface area (Å²) in [5, 5.41) is 0. The van der Waals surface area contributed by atoms with Gasteiger partial charge in [0.1, 0.15) is 0 Å². The van der Waals surface area contributed by atoms with Crippen molar-refractivity contribution >= 4 is 15.9 Å². The zero-order chi connectivity index (χ0) is 19.7. The van der Waals surface area contributed by atoms with Crippen molar-refractivity contribution in [1.29, 1.82) is 0 Å². The van der Waals surface area contributed by atoms with Gasteiger partial charge < -0.3 is 0 Å². The van der Waals surface area contributed by atoms with Crippen LogP contribution in [0, 0.1) is 0 Å². The predicted molar refractivity (Wildman–Crippen MR) is 102 cm³/mol. The molecule has 1 aliphatic rings. The van der Waals surface area contributed by atoms with Gasteiger partial charge >= 0.3 is 6.18 Å². The van der Waals surface area contributed by atoms with Crippen molar-refractivity contribution in [2.75, 3.05) is 6.54 Å². The Balaban J connectivity index is 1.56. The lowest BCUT2D eigenvalue weighted by Crippen LogP contribution is -2.31. The fraction of sp³-hybridized carbons (Fsp3) is 0.250. The van der Waals surface area contributed by atoms with Crippen LogP contribution in [0.5, 0.6) is 0 Å². The van der Waals surface area contributed by atoms with Gasteiger partial charge in [-0.1, -0.05) is 28.1 Å².